The van der Waals surface area contributed by atoms with Gasteiger partial charge in [-0.3, -0.25) is 19.2 Å². The van der Waals surface area contributed by atoms with E-state index in [4.69, 9.17) is 25.4 Å². The molecule has 0 bridgehead atoms. The zero-order valence-corrected chi connectivity index (χ0v) is 20.4. The van der Waals surface area contributed by atoms with Gasteiger partial charge in [-0.15, -0.1) is 18.9 Å². The second-order valence-corrected chi connectivity index (χ2v) is 7.44. The van der Waals surface area contributed by atoms with Crippen LogP contribution in [0, 0.1) is 23.2 Å². The number of carbonyl (C=O) groups is 4. The van der Waals surface area contributed by atoms with Crippen molar-refractivity contribution in [2.24, 2.45) is 10.8 Å². The summed E-state index contributed by atoms with van der Waals surface area (Å²) in [6, 6.07) is 0. The third-order valence-corrected chi connectivity index (χ3v) is 4.77. The first-order valence-corrected chi connectivity index (χ1v) is 11.0. The quantitative estimate of drug-likeness (QED) is 0.119. The van der Waals surface area contributed by atoms with E-state index in [2.05, 4.69) is 12.5 Å². The van der Waals surface area contributed by atoms with Gasteiger partial charge >= 0.3 is 23.9 Å². The van der Waals surface area contributed by atoms with Crippen LogP contribution < -0.4 is 0 Å². The van der Waals surface area contributed by atoms with Crippen LogP contribution in [0.3, 0.4) is 0 Å². The van der Waals surface area contributed by atoms with Crippen LogP contribution in [0.25, 0.3) is 0 Å². The molecule has 33 heavy (non-hydrogen) atoms. The van der Waals surface area contributed by atoms with Gasteiger partial charge in [0, 0.05) is 6.42 Å². The van der Waals surface area contributed by atoms with Crippen molar-refractivity contribution in [3.05, 3.63) is 24.3 Å². The maximum atomic E-state index is 12.8. The van der Waals surface area contributed by atoms with E-state index in [1.54, 1.807) is 34.6 Å². The lowest BCUT2D eigenvalue weighted by molar-refractivity contribution is -0.173. The van der Waals surface area contributed by atoms with E-state index in [0.717, 1.165) is 0 Å². The van der Waals surface area contributed by atoms with Gasteiger partial charge in [0.05, 0.1) is 26.4 Å². The third kappa shape index (κ3) is 8.08. The monoisotopic (exact) mass is 464 g/mol. The Morgan fingerprint density at radius 3 is 1.39 bits per heavy atom. The normalized spacial score (nSPS) is 11.4. The molecule has 0 radical (unpaired) electrons. The molecule has 0 rings (SSSR count). The molecule has 0 aliphatic rings. The molecule has 184 valence electrons. The summed E-state index contributed by atoms with van der Waals surface area (Å²) in [4.78, 5) is 51.0. The summed E-state index contributed by atoms with van der Waals surface area (Å²) in [6.45, 7) is 12.3. The van der Waals surface area contributed by atoms with E-state index in [9.17, 15) is 19.2 Å². The Morgan fingerprint density at radius 2 is 1.09 bits per heavy atom. The number of hydrogen-bond acceptors (Lipinski definition) is 8. The Labute approximate surface area is 196 Å². The molecule has 0 amide bonds. The molecule has 0 fully saturated rings. The van der Waals surface area contributed by atoms with Crippen molar-refractivity contribution in [2.75, 3.05) is 26.4 Å². The lowest BCUT2D eigenvalue weighted by atomic mass is 9.77. The van der Waals surface area contributed by atoms with Crippen LogP contribution in [0.4, 0.5) is 0 Å². The molecular formula is C25H36O8. The van der Waals surface area contributed by atoms with Crippen molar-refractivity contribution in [3.63, 3.8) is 0 Å². The summed E-state index contributed by atoms with van der Waals surface area (Å²) in [5, 5.41) is 0. The molecule has 0 aromatic heterocycles. The Morgan fingerprint density at radius 1 is 0.758 bits per heavy atom. The molecule has 0 aliphatic carbocycles. The van der Waals surface area contributed by atoms with Gasteiger partial charge in [0.25, 0.3) is 0 Å². The molecule has 0 saturated heterocycles. The van der Waals surface area contributed by atoms with Crippen molar-refractivity contribution in [1.82, 2.24) is 0 Å². The fourth-order valence-corrected chi connectivity index (χ4v) is 3.27. The molecule has 0 aliphatic heterocycles. The van der Waals surface area contributed by atoms with Crippen LogP contribution in [-0.4, -0.2) is 50.3 Å². The van der Waals surface area contributed by atoms with Gasteiger partial charge in [0.15, 0.2) is 10.8 Å². The van der Waals surface area contributed by atoms with Crippen molar-refractivity contribution in [3.8, 4) is 12.3 Å². The van der Waals surface area contributed by atoms with E-state index < -0.39 is 34.7 Å². The van der Waals surface area contributed by atoms with Gasteiger partial charge in [-0.25, -0.2) is 0 Å². The Kier molecular flexibility index (Phi) is 13.5. The number of hydrogen-bond donors (Lipinski definition) is 0. The van der Waals surface area contributed by atoms with E-state index in [-0.39, 0.29) is 52.1 Å². The van der Waals surface area contributed by atoms with Crippen LogP contribution in [-0.2, 0) is 38.1 Å². The van der Waals surface area contributed by atoms with Crippen molar-refractivity contribution < 1.29 is 38.1 Å². The fraction of sp³-hybridized carbons (Fsp3) is 0.600. The number of terminal acetylenes is 1. The maximum absolute atomic E-state index is 12.8. The summed E-state index contributed by atoms with van der Waals surface area (Å²) >= 11 is 0. The minimum absolute atomic E-state index is 0.0141. The minimum Gasteiger partial charge on any atom is -0.465 e. The Hall–Kier alpha value is -3.08. The number of carbonyl (C=O) groups excluding carboxylic acids is 4. The number of ether oxygens (including phenoxy) is 4. The number of rotatable bonds is 15. The summed E-state index contributed by atoms with van der Waals surface area (Å²) in [5.74, 6) is -0.716. The molecule has 8 heteroatoms. The number of esters is 4. The lowest BCUT2D eigenvalue weighted by Crippen LogP contribution is -2.42. The average Bonchev–Trinajstić information content (AvgIpc) is 2.75. The first-order chi connectivity index (χ1) is 15.6. The van der Waals surface area contributed by atoms with Gasteiger partial charge in [-0.2, -0.15) is 0 Å². The highest BCUT2D eigenvalue weighted by Crippen LogP contribution is 2.36. The zero-order valence-electron chi connectivity index (χ0n) is 20.4. The van der Waals surface area contributed by atoms with Crippen LogP contribution in [0.2, 0.25) is 0 Å². The summed E-state index contributed by atoms with van der Waals surface area (Å²) in [5.41, 5.74) is -2.79. The van der Waals surface area contributed by atoms with Gasteiger partial charge in [0.2, 0.25) is 0 Å². The molecule has 0 atom stereocenters. The van der Waals surface area contributed by atoms with Crippen LogP contribution >= 0.6 is 0 Å². The van der Waals surface area contributed by atoms with Gasteiger partial charge in [-0.05, 0) is 53.9 Å². The smallest absolute Gasteiger partial charge is 0.324 e. The first-order valence-electron chi connectivity index (χ1n) is 11.0. The van der Waals surface area contributed by atoms with Gasteiger partial charge < -0.3 is 18.9 Å². The molecule has 0 saturated carbocycles. The predicted molar refractivity (Wildman–Crippen MR) is 123 cm³/mol. The van der Waals surface area contributed by atoms with Crippen molar-refractivity contribution in [2.45, 2.75) is 60.3 Å². The standard InChI is InChI=1S/C25H36O8/c1-8-15-24(20(26)30-9-2,21(27)31-10-3)16-13-14-17-25(18-19(6)7,22(28)32-11-4)23(29)33-12-5/h1,13-14H,6,9-12,15-18H2,2-5,7H3/b14-13+. The van der Waals surface area contributed by atoms with E-state index in [1.165, 1.54) is 12.2 Å². The highest BCUT2D eigenvalue weighted by molar-refractivity contribution is 6.01. The molecule has 0 heterocycles. The predicted octanol–water partition coefficient (Wildman–Crippen LogP) is 3.54. The van der Waals surface area contributed by atoms with Crippen molar-refractivity contribution in [1.29, 1.82) is 0 Å². The second kappa shape index (κ2) is 14.9. The average molecular weight is 465 g/mol. The van der Waals surface area contributed by atoms with Crippen LogP contribution in [0.5, 0.6) is 0 Å². The molecular weight excluding hydrogens is 428 g/mol. The van der Waals surface area contributed by atoms with Crippen molar-refractivity contribution >= 4 is 23.9 Å². The van der Waals surface area contributed by atoms with E-state index >= 15 is 0 Å². The molecule has 0 spiro atoms. The third-order valence-electron chi connectivity index (χ3n) is 4.77. The Balaban J connectivity index is 6.15. The number of allylic oxidation sites excluding steroid dienone is 3. The Bertz CT molecular complexity index is 736. The lowest BCUT2D eigenvalue weighted by Gasteiger charge is -2.29. The topological polar surface area (TPSA) is 105 Å². The maximum Gasteiger partial charge on any atom is 0.324 e. The second-order valence-electron chi connectivity index (χ2n) is 7.44. The van der Waals surface area contributed by atoms with Crippen LogP contribution in [0.1, 0.15) is 60.3 Å². The summed E-state index contributed by atoms with van der Waals surface area (Å²) < 4.78 is 20.5. The van der Waals surface area contributed by atoms with Gasteiger partial charge in [-0.1, -0.05) is 17.7 Å². The summed E-state index contributed by atoms with van der Waals surface area (Å²) in [6.07, 6.45) is 8.03. The van der Waals surface area contributed by atoms with Crippen LogP contribution in [0.15, 0.2) is 24.3 Å². The molecule has 8 nitrogen and oxygen atoms in total. The summed E-state index contributed by atoms with van der Waals surface area (Å²) in [7, 11) is 0. The van der Waals surface area contributed by atoms with E-state index in [0.29, 0.717) is 5.57 Å². The zero-order chi connectivity index (χ0) is 25.5. The minimum atomic E-state index is -1.73. The van der Waals surface area contributed by atoms with Gasteiger partial charge in [0.1, 0.15) is 0 Å². The highest BCUT2D eigenvalue weighted by atomic mass is 16.6. The first kappa shape index (κ1) is 29.9. The van der Waals surface area contributed by atoms with E-state index in [1.807, 2.05) is 0 Å². The molecule has 0 aromatic carbocycles. The molecule has 0 N–H and O–H groups in total. The molecule has 0 aromatic rings. The highest BCUT2D eigenvalue weighted by Gasteiger charge is 2.49. The fourth-order valence-electron chi connectivity index (χ4n) is 3.27. The molecule has 0 unspecified atom stereocenters. The SMILES string of the molecule is C#CCC(C/C=C/CC(CC(=C)C)(C(=O)OCC)C(=O)OCC)(C(=O)OCC)C(=O)OCC. The largest absolute Gasteiger partial charge is 0.465 e.